The monoisotopic (exact) mass is 1870 g/mol. The summed E-state index contributed by atoms with van der Waals surface area (Å²) >= 11 is 36.4. The Kier molecular flexibility index (Phi) is 36.8. The van der Waals surface area contributed by atoms with Crippen LogP contribution in [-0.4, -0.2) is 137 Å². The van der Waals surface area contributed by atoms with E-state index in [1.807, 2.05) is 97.0 Å². The van der Waals surface area contributed by atoms with Crippen molar-refractivity contribution in [1.29, 1.82) is 0 Å². The second-order valence-electron chi connectivity index (χ2n) is 29.5. The number of aromatic nitrogens is 6. The number of aromatic amines is 5. The fourth-order valence-electron chi connectivity index (χ4n) is 14.6. The van der Waals surface area contributed by atoms with Crippen molar-refractivity contribution in [2.45, 2.75) is 173 Å². The third-order valence-corrected chi connectivity index (χ3v) is 22.8. The second kappa shape index (κ2) is 46.3. The van der Waals surface area contributed by atoms with Gasteiger partial charge in [0.05, 0.1) is 43.6 Å². The summed E-state index contributed by atoms with van der Waals surface area (Å²) < 4.78 is 67.3. The molecule has 0 bridgehead atoms. The first-order valence-corrected chi connectivity index (χ1v) is 43.0. The average Bonchev–Trinajstić information content (AvgIpc) is 1.56. The number of carboxylic acids is 4. The van der Waals surface area contributed by atoms with E-state index in [0.717, 1.165) is 112 Å². The van der Waals surface area contributed by atoms with Gasteiger partial charge < -0.3 is 73.6 Å². The smallest absolute Gasteiger partial charge is 0.418 e. The second-order valence-corrected chi connectivity index (χ2v) is 31.9. The number of carbonyl (C=O) groups excluding carboxylic acids is 5. The molecule has 0 aliphatic carbocycles. The van der Waals surface area contributed by atoms with Crippen LogP contribution in [0.4, 0.5) is 13.2 Å². The Bertz CT molecular complexity index is 6110. The fraction of sp³-hybridized carbons (Fsp3) is 0.330. The van der Waals surface area contributed by atoms with Crippen LogP contribution in [0, 0.1) is 48.5 Å². The fourth-order valence-corrected chi connectivity index (χ4v) is 15.7. The summed E-state index contributed by atoms with van der Waals surface area (Å²) in [5.74, 6) is -5.89. The van der Waals surface area contributed by atoms with Gasteiger partial charge in [-0.05, 0) is 262 Å². The van der Waals surface area contributed by atoms with Gasteiger partial charge in [0.25, 0.3) is 0 Å². The van der Waals surface area contributed by atoms with Gasteiger partial charge >= 0.3 is 59.9 Å². The molecule has 13 aromatic rings. The van der Waals surface area contributed by atoms with Gasteiger partial charge in [-0.2, -0.15) is 13.2 Å². The summed E-state index contributed by atoms with van der Waals surface area (Å²) in [5, 5.41) is 42.9. The first kappa shape index (κ1) is 101. The largest absolute Gasteiger partial charge is 0.481 e. The number of carbonyl (C=O) groups is 9. The van der Waals surface area contributed by atoms with Crippen LogP contribution in [0.25, 0.3) is 65.4 Å². The lowest BCUT2D eigenvalue weighted by molar-refractivity contribution is -0.144. The van der Waals surface area contributed by atoms with E-state index in [2.05, 4.69) is 66.7 Å². The molecule has 0 fully saturated rings. The number of ether oxygens (including phenoxy) is 5. The number of aromatic carboxylic acids is 1. The maximum atomic E-state index is 13.4. The molecule has 6 aromatic heterocycles. The third-order valence-electron chi connectivity index (χ3n) is 20.7. The molecule has 0 aliphatic rings. The van der Waals surface area contributed by atoms with Crippen molar-refractivity contribution < 1.29 is 100 Å². The zero-order valence-electron chi connectivity index (χ0n) is 72.0. The van der Waals surface area contributed by atoms with Crippen molar-refractivity contribution in [3.63, 3.8) is 0 Å². The number of fused-ring (bicyclic) bond motifs is 6. The van der Waals surface area contributed by atoms with Crippen molar-refractivity contribution in [3.8, 4) is 0 Å². The van der Waals surface area contributed by atoms with E-state index in [-0.39, 0.29) is 91.1 Å². The maximum absolute atomic E-state index is 13.4. The van der Waals surface area contributed by atoms with E-state index in [4.69, 9.17) is 109 Å². The molecule has 0 radical (unpaired) electrons. The molecule has 33 heteroatoms. The molecule has 127 heavy (non-hydrogen) atoms. The first-order chi connectivity index (χ1) is 60.1. The minimum absolute atomic E-state index is 0.0272. The number of nitrogens with one attached hydrogen (secondary N) is 5. The zero-order valence-corrected chi connectivity index (χ0v) is 76.5. The molecule has 0 atom stereocenters. The molecule has 676 valence electrons. The number of carboxylic acid groups (broad SMARTS) is 4. The molecule has 0 unspecified atom stereocenters. The van der Waals surface area contributed by atoms with Gasteiger partial charge in [-0.3, -0.25) is 28.8 Å². The Morgan fingerprint density at radius 1 is 0.370 bits per heavy atom. The molecule has 0 saturated carbocycles. The first-order valence-electron chi connectivity index (χ1n) is 40.7. The average molecular weight is 1870 g/mol. The van der Waals surface area contributed by atoms with Crippen molar-refractivity contribution in [3.05, 3.63) is 240 Å². The Morgan fingerprint density at radius 2 is 0.740 bits per heavy atom. The number of aryl methyl sites for hydroxylation is 12. The van der Waals surface area contributed by atoms with Crippen LogP contribution in [0.2, 0.25) is 30.1 Å². The lowest BCUT2D eigenvalue weighted by atomic mass is 10.0. The van der Waals surface area contributed by atoms with Crippen LogP contribution >= 0.6 is 69.6 Å². The molecule has 24 nitrogen and oxygen atoms in total. The number of benzene rings is 7. The molecule has 13 rings (SSSR count). The number of hydrogen-bond acceptors (Lipinski definition) is 14. The predicted molar refractivity (Wildman–Crippen MR) is 489 cm³/mol. The van der Waals surface area contributed by atoms with Crippen LogP contribution in [0.1, 0.15) is 188 Å². The van der Waals surface area contributed by atoms with Gasteiger partial charge in [0.2, 0.25) is 0 Å². The summed E-state index contributed by atoms with van der Waals surface area (Å²) in [4.78, 5) is 118. The van der Waals surface area contributed by atoms with Gasteiger partial charge in [-0.15, -0.1) is 0 Å². The van der Waals surface area contributed by atoms with Crippen molar-refractivity contribution in [2.75, 3.05) is 33.0 Å². The molecule has 0 aliphatic heterocycles. The molecule has 0 amide bonds. The predicted octanol–water partition coefficient (Wildman–Crippen LogP) is 23.2. The lowest BCUT2D eigenvalue weighted by Crippen LogP contribution is -2.11. The van der Waals surface area contributed by atoms with Crippen molar-refractivity contribution >= 4 is 189 Å². The molecule has 0 saturated heterocycles. The summed E-state index contributed by atoms with van der Waals surface area (Å²) in [5.41, 5.74) is 16.6. The minimum atomic E-state index is -4.76. The molecular weight excluding hydrogens is 1770 g/mol. The highest BCUT2D eigenvalue weighted by atomic mass is 35.5. The molecular formula is C94H99Cl6F3N6O18. The minimum Gasteiger partial charge on any atom is -0.481 e. The van der Waals surface area contributed by atoms with Gasteiger partial charge in [-0.25, -0.2) is 14.4 Å². The highest BCUT2D eigenvalue weighted by Crippen LogP contribution is 2.43. The normalized spacial score (nSPS) is 11.1. The number of alkyl halides is 3. The summed E-state index contributed by atoms with van der Waals surface area (Å²) in [6.45, 7) is 24.5. The third kappa shape index (κ3) is 26.6. The zero-order chi connectivity index (χ0) is 93.6. The lowest BCUT2D eigenvalue weighted by Gasteiger charge is -2.12. The van der Waals surface area contributed by atoms with E-state index >= 15 is 0 Å². The van der Waals surface area contributed by atoms with E-state index in [1.165, 1.54) is 22.9 Å². The van der Waals surface area contributed by atoms with Gasteiger partial charge in [-0.1, -0.05) is 99.9 Å². The van der Waals surface area contributed by atoms with Crippen LogP contribution in [-0.2, 0) is 104 Å². The summed E-state index contributed by atoms with van der Waals surface area (Å²) in [7, 11) is 0. The van der Waals surface area contributed by atoms with Crippen LogP contribution in [0.15, 0.2) is 109 Å². The number of halogens is 9. The Hall–Kier alpha value is -11.5. The number of rotatable bonds is 28. The SMILES string of the molecule is CCOC(=O)CCc1c(C(=O)O)[nH]c2cc(C)c(Cl)cc12.CCOC(=O)CCc1c(C(=O)OCC)[nH]c2cc(Cl)c(C)cc12.CCOC(=O)CCc1c(C)n(Cc2ccccc2)c2ccc(Cl)cc12.CCOC(=O)c1[nH]c2ccc(Cl)c(C(F)(F)F)c2c1CCC(=O)O.Cc1cc2[nH]c(C)c(CCC(=O)O)c2cc1Cl.Cc1cc2[nH]c(C)c(CCC(=O)O)c2cc1Cl. The van der Waals surface area contributed by atoms with Gasteiger partial charge in [0.1, 0.15) is 17.1 Å². The molecule has 9 N–H and O–H groups in total. The summed E-state index contributed by atoms with van der Waals surface area (Å²) in [6.07, 6.45) is -2.08. The highest BCUT2D eigenvalue weighted by molar-refractivity contribution is 6.34. The Labute approximate surface area is 759 Å². The van der Waals surface area contributed by atoms with Gasteiger partial charge in [0, 0.05) is 153 Å². The topological polar surface area (TPSA) is 365 Å². The van der Waals surface area contributed by atoms with Crippen LogP contribution < -0.4 is 0 Å². The molecule has 7 aromatic carbocycles. The quantitative estimate of drug-likeness (QED) is 0.0162. The van der Waals surface area contributed by atoms with E-state index in [1.54, 1.807) is 45.9 Å². The van der Waals surface area contributed by atoms with Crippen LogP contribution in [0.3, 0.4) is 0 Å². The highest BCUT2D eigenvalue weighted by Gasteiger charge is 2.38. The summed E-state index contributed by atoms with van der Waals surface area (Å²) in [6, 6.07) is 33.8. The number of hydrogen-bond donors (Lipinski definition) is 9. The number of esters is 5. The van der Waals surface area contributed by atoms with E-state index in [0.29, 0.717) is 100 Å². The Balaban J connectivity index is 0.000000190. The molecule has 6 heterocycles. The van der Waals surface area contributed by atoms with Crippen molar-refractivity contribution in [2.24, 2.45) is 0 Å². The van der Waals surface area contributed by atoms with Gasteiger partial charge in [0.15, 0.2) is 0 Å². The number of nitrogens with zero attached hydrogens (tertiary/aromatic N) is 1. The maximum Gasteiger partial charge on any atom is 0.418 e. The standard InChI is InChI=1S/C21H22ClNO2.C17H20ClNO4.C15H13ClF3NO4.C15H16ClNO4.2C13H14ClNO2/c1-3-25-21(24)12-10-18-15(2)23(14-16-7-5-4-6-8-16)20-11-9-17(22)13-19(18)20;1-4-22-15(20)7-6-11-12-8-10(3)13(18)9-14(12)19-16(11)17(21)23-5-2;1-2-24-14(23)13-7(3-6-10(21)22)11-9(20-13)5-4-8(16)12(11)15(17,18)19;1-3-21-13(18)5-4-9-10-7-11(16)8(2)6-12(10)17-14(9)15(19)20;2*1-7-5-12-10(6-11(7)14)9(8(2)15-12)3-4-13(16)17/h4-9,11,13H,3,10,12,14H2,1-2H3;8-9,19H,4-7H2,1-3H3;4-5,20H,2-3,6H2,1H3,(H,21,22);6-7,17H,3-5H2,1-2H3,(H,19,20);2*5-6,15H,3-4H2,1-2H3,(H,16,17). The van der Waals surface area contributed by atoms with Crippen molar-refractivity contribution in [1.82, 2.24) is 29.5 Å². The van der Waals surface area contributed by atoms with E-state index < -0.39 is 59.0 Å². The Morgan fingerprint density at radius 3 is 1.18 bits per heavy atom. The number of H-pyrrole nitrogens is 5. The van der Waals surface area contributed by atoms with E-state index in [9.17, 15) is 61.4 Å². The molecule has 0 spiro atoms. The van der Waals surface area contributed by atoms with Crippen LogP contribution in [0.5, 0.6) is 0 Å². The number of aliphatic carboxylic acids is 3.